The highest BCUT2D eigenvalue weighted by Crippen LogP contribution is 2.38. The average Bonchev–Trinajstić information content (AvgIpc) is 3.61. The fourth-order valence-corrected chi connectivity index (χ4v) is 6.72. The number of benzene rings is 6. The highest BCUT2D eigenvalue weighted by molar-refractivity contribution is 6.13. The maximum absolute atomic E-state index is 4.12. The second-order valence-corrected chi connectivity index (χ2v) is 11.4. The van der Waals surface area contributed by atoms with Gasteiger partial charge in [-0.15, -0.1) is 0 Å². The van der Waals surface area contributed by atoms with Gasteiger partial charge in [-0.3, -0.25) is 0 Å². The molecule has 0 aliphatic carbocycles. The van der Waals surface area contributed by atoms with E-state index in [2.05, 4.69) is 167 Å². The smallest absolute Gasteiger partial charge is 0.0541 e. The minimum atomic E-state index is 1.05. The van der Waals surface area contributed by atoms with E-state index in [9.17, 15) is 0 Å². The SMILES string of the molecule is C=C/C(=C\C=C/C)n1c2ccccc2c2cc(-c3ccc4c(c3)c3ccccc3n4-c3ccc(-c4ccccc4)cc3)ccc21. The molecular weight excluding hydrogens is 544 g/mol. The van der Waals surface area contributed by atoms with E-state index in [4.69, 9.17) is 0 Å². The number of aromatic nitrogens is 2. The number of hydrogen-bond acceptors (Lipinski definition) is 0. The van der Waals surface area contributed by atoms with Crippen LogP contribution in [0.3, 0.4) is 0 Å². The van der Waals surface area contributed by atoms with Crippen LogP contribution < -0.4 is 0 Å². The summed E-state index contributed by atoms with van der Waals surface area (Å²) in [5, 5.41) is 4.97. The Kier molecular flexibility index (Phi) is 6.54. The Labute approximate surface area is 263 Å². The minimum Gasteiger partial charge on any atom is -0.309 e. The summed E-state index contributed by atoms with van der Waals surface area (Å²) in [5.74, 6) is 0. The van der Waals surface area contributed by atoms with Crippen molar-refractivity contribution < 1.29 is 0 Å². The van der Waals surface area contributed by atoms with Crippen LogP contribution in [-0.4, -0.2) is 9.13 Å². The molecule has 2 heteroatoms. The van der Waals surface area contributed by atoms with E-state index in [0.717, 1.165) is 11.4 Å². The molecule has 0 saturated heterocycles. The summed E-state index contributed by atoms with van der Waals surface area (Å²) in [6.07, 6.45) is 8.15. The topological polar surface area (TPSA) is 9.86 Å². The quantitative estimate of drug-likeness (QED) is 0.174. The maximum atomic E-state index is 4.12. The fraction of sp³-hybridized carbons (Fsp3) is 0.0233. The Hall–Kier alpha value is -5.86. The zero-order valence-electron chi connectivity index (χ0n) is 25.2. The van der Waals surface area contributed by atoms with Crippen LogP contribution in [0.1, 0.15) is 6.92 Å². The second-order valence-electron chi connectivity index (χ2n) is 11.4. The van der Waals surface area contributed by atoms with Crippen molar-refractivity contribution in [3.63, 3.8) is 0 Å². The van der Waals surface area contributed by atoms with Crippen LogP contribution in [0.2, 0.25) is 0 Å². The number of hydrogen-bond donors (Lipinski definition) is 0. The summed E-state index contributed by atoms with van der Waals surface area (Å²) in [6.45, 7) is 6.15. The van der Waals surface area contributed by atoms with E-state index in [-0.39, 0.29) is 0 Å². The van der Waals surface area contributed by atoms with Gasteiger partial charge in [0.05, 0.1) is 22.1 Å². The number of nitrogens with zero attached hydrogens (tertiary/aromatic N) is 2. The van der Waals surface area contributed by atoms with Crippen molar-refractivity contribution >= 4 is 49.3 Å². The molecule has 6 aromatic carbocycles. The molecule has 0 spiro atoms. The number of para-hydroxylation sites is 2. The first-order valence-electron chi connectivity index (χ1n) is 15.4. The molecule has 0 bridgehead atoms. The molecule has 8 aromatic rings. The Bertz CT molecular complexity index is 2430. The molecule has 0 aliphatic heterocycles. The highest BCUT2D eigenvalue weighted by Gasteiger charge is 2.16. The van der Waals surface area contributed by atoms with Gasteiger partial charge in [0.25, 0.3) is 0 Å². The Morgan fingerprint density at radius 3 is 1.71 bits per heavy atom. The lowest BCUT2D eigenvalue weighted by atomic mass is 10.0. The normalized spacial score (nSPS) is 12.2. The monoisotopic (exact) mass is 576 g/mol. The fourth-order valence-electron chi connectivity index (χ4n) is 6.72. The molecule has 0 atom stereocenters. The first kappa shape index (κ1) is 26.7. The molecule has 0 amide bonds. The van der Waals surface area contributed by atoms with E-state index in [1.165, 1.54) is 65.9 Å². The van der Waals surface area contributed by atoms with E-state index in [1.54, 1.807) is 0 Å². The van der Waals surface area contributed by atoms with Gasteiger partial charge in [0.2, 0.25) is 0 Å². The first-order valence-corrected chi connectivity index (χ1v) is 15.4. The summed E-state index contributed by atoms with van der Waals surface area (Å²) in [4.78, 5) is 0. The molecule has 0 saturated carbocycles. The van der Waals surface area contributed by atoms with Gasteiger partial charge in [0, 0.05) is 32.9 Å². The summed E-state index contributed by atoms with van der Waals surface area (Å²) in [7, 11) is 0. The van der Waals surface area contributed by atoms with E-state index in [1.807, 2.05) is 19.1 Å². The molecule has 2 heterocycles. The minimum absolute atomic E-state index is 1.05. The summed E-state index contributed by atoms with van der Waals surface area (Å²) in [5.41, 5.74) is 11.8. The van der Waals surface area contributed by atoms with Crippen LogP contribution in [0, 0.1) is 0 Å². The van der Waals surface area contributed by atoms with Gasteiger partial charge < -0.3 is 9.13 Å². The van der Waals surface area contributed by atoms with Gasteiger partial charge in [-0.25, -0.2) is 0 Å². The lowest BCUT2D eigenvalue weighted by Crippen LogP contribution is -1.94. The van der Waals surface area contributed by atoms with Crippen molar-refractivity contribution in [1.82, 2.24) is 9.13 Å². The predicted octanol–water partition coefficient (Wildman–Crippen LogP) is 11.8. The summed E-state index contributed by atoms with van der Waals surface area (Å²) < 4.78 is 4.69. The van der Waals surface area contributed by atoms with Crippen LogP contribution in [0.15, 0.2) is 170 Å². The molecule has 0 aliphatic rings. The van der Waals surface area contributed by atoms with Crippen LogP contribution >= 0.6 is 0 Å². The lowest BCUT2D eigenvalue weighted by molar-refractivity contribution is 1.18. The molecular formula is C43H32N2. The molecule has 214 valence electrons. The number of rotatable bonds is 6. The summed E-state index contributed by atoms with van der Waals surface area (Å²) >= 11 is 0. The molecule has 45 heavy (non-hydrogen) atoms. The van der Waals surface area contributed by atoms with Crippen LogP contribution in [0.4, 0.5) is 0 Å². The molecule has 0 fully saturated rings. The summed E-state index contributed by atoms with van der Waals surface area (Å²) in [6, 6.07) is 50.5. The molecule has 8 rings (SSSR count). The van der Waals surface area contributed by atoms with Crippen molar-refractivity contribution in [2.75, 3.05) is 0 Å². The van der Waals surface area contributed by atoms with Gasteiger partial charge in [0.15, 0.2) is 0 Å². The molecule has 2 nitrogen and oxygen atoms in total. The maximum Gasteiger partial charge on any atom is 0.0541 e. The van der Waals surface area contributed by atoms with Gasteiger partial charge in [-0.05, 0) is 89.9 Å². The third kappa shape index (κ3) is 4.42. The predicted molar refractivity (Wildman–Crippen MR) is 194 cm³/mol. The first-order chi connectivity index (χ1) is 22.2. The van der Waals surface area contributed by atoms with Crippen molar-refractivity contribution in [2.24, 2.45) is 0 Å². The molecule has 0 radical (unpaired) electrons. The third-order valence-electron chi connectivity index (χ3n) is 8.84. The van der Waals surface area contributed by atoms with Gasteiger partial charge in [0.1, 0.15) is 0 Å². The van der Waals surface area contributed by atoms with E-state index >= 15 is 0 Å². The van der Waals surface area contributed by atoms with Gasteiger partial charge in [-0.1, -0.05) is 110 Å². The zero-order valence-corrected chi connectivity index (χ0v) is 25.2. The Morgan fingerprint density at radius 1 is 0.511 bits per heavy atom. The largest absolute Gasteiger partial charge is 0.309 e. The standard InChI is InChI=1S/C43H32N2/c1-3-5-15-34(4-2)44-40-18-11-9-16-36(40)38-28-32(22-26-42(38)44)33-23-27-43-39(29-33)37-17-10-12-19-41(37)45(43)35-24-20-31(21-25-35)30-13-7-6-8-14-30/h3-29H,2H2,1H3/b5-3-,34-15+. The Balaban J connectivity index is 1.28. The highest BCUT2D eigenvalue weighted by atomic mass is 15.0. The third-order valence-corrected chi connectivity index (χ3v) is 8.84. The van der Waals surface area contributed by atoms with Crippen LogP contribution in [0.25, 0.3) is 77.2 Å². The van der Waals surface area contributed by atoms with Gasteiger partial charge in [-0.2, -0.15) is 0 Å². The van der Waals surface area contributed by atoms with Crippen molar-refractivity contribution in [3.05, 3.63) is 170 Å². The molecule has 0 unspecified atom stereocenters. The number of fused-ring (bicyclic) bond motifs is 6. The Morgan fingerprint density at radius 2 is 1.02 bits per heavy atom. The molecule has 0 N–H and O–H groups in total. The van der Waals surface area contributed by atoms with Crippen molar-refractivity contribution in [2.45, 2.75) is 6.92 Å². The number of allylic oxidation sites excluding steroid dienone is 5. The van der Waals surface area contributed by atoms with Crippen LogP contribution in [0.5, 0.6) is 0 Å². The molecule has 2 aromatic heterocycles. The van der Waals surface area contributed by atoms with Gasteiger partial charge >= 0.3 is 0 Å². The van der Waals surface area contributed by atoms with E-state index < -0.39 is 0 Å². The second kappa shape index (κ2) is 11.0. The van der Waals surface area contributed by atoms with Crippen molar-refractivity contribution in [1.29, 1.82) is 0 Å². The zero-order chi connectivity index (χ0) is 30.3. The average molecular weight is 577 g/mol. The van der Waals surface area contributed by atoms with Crippen molar-refractivity contribution in [3.8, 4) is 27.9 Å². The lowest BCUT2D eigenvalue weighted by Gasteiger charge is -2.10. The van der Waals surface area contributed by atoms with E-state index in [0.29, 0.717) is 0 Å². The van der Waals surface area contributed by atoms with Crippen LogP contribution in [-0.2, 0) is 0 Å².